The molecule has 2 aliphatic heterocycles. The van der Waals surface area contributed by atoms with Gasteiger partial charge >= 0.3 is 0 Å². The Bertz CT molecular complexity index is 926. The fourth-order valence-corrected chi connectivity index (χ4v) is 4.40. The third-order valence-corrected chi connectivity index (χ3v) is 5.77. The van der Waals surface area contributed by atoms with Gasteiger partial charge in [-0.15, -0.1) is 0 Å². The van der Waals surface area contributed by atoms with E-state index >= 15 is 0 Å². The van der Waals surface area contributed by atoms with Gasteiger partial charge in [-0.3, -0.25) is 0 Å². The van der Waals surface area contributed by atoms with Crippen LogP contribution in [-0.2, 0) is 11.3 Å². The maximum atomic E-state index is 5.50. The van der Waals surface area contributed by atoms with Crippen LogP contribution in [0.2, 0.25) is 0 Å². The molecule has 0 bridgehead atoms. The number of benzene rings is 1. The minimum atomic E-state index is 0.433. The largest absolute Gasteiger partial charge is 0.378 e. The lowest BCUT2D eigenvalue weighted by molar-refractivity contribution is 0.122. The number of anilines is 1. The molecule has 4 nitrogen and oxygen atoms in total. The van der Waals surface area contributed by atoms with Crippen LogP contribution in [0, 0.1) is 0 Å². The van der Waals surface area contributed by atoms with Crippen LogP contribution >= 0.6 is 0 Å². The molecule has 0 radical (unpaired) electrons. The Balaban J connectivity index is 1.52. The van der Waals surface area contributed by atoms with Gasteiger partial charge in [-0.2, -0.15) is 0 Å². The van der Waals surface area contributed by atoms with Crippen molar-refractivity contribution in [3.05, 3.63) is 71.5 Å². The number of ether oxygens (including phenoxy) is 1. The average Bonchev–Trinajstić information content (AvgIpc) is 3.15. The molecule has 1 unspecified atom stereocenters. The molecule has 0 amide bonds. The van der Waals surface area contributed by atoms with E-state index in [-0.39, 0.29) is 0 Å². The van der Waals surface area contributed by atoms with Crippen molar-refractivity contribution in [3.8, 4) is 0 Å². The summed E-state index contributed by atoms with van der Waals surface area (Å²) < 4.78 is 7.68. The zero-order valence-electron chi connectivity index (χ0n) is 15.3. The first-order valence-corrected chi connectivity index (χ1v) is 9.48. The normalized spacial score (nSPS) is 21.1. The molecule has 4 heterocycles. The molecule has 0 spiro atoms. The molecule has 1 aromatic carbocycles. The van der Waals surface area contributed by atoms with Crippen LogP contribution in [-0.4, -0.2) is 49.2 Å². The van der Waals surface area contributed by atoms with Gasteiger partial charge in [0.15, 0.2) is 0 Å². The number of morpholine rings is 1. The Hall–Kier alpha value is -2.30. The second-order valence-corrected chi connectivity index (χ2v) is 7.53. The quantitative estimate of drug-likeness (QED) is 0.709. The molecule has 26 heavy (non-hydrogen) atoms. The van der Waals surface area contributed by atoms with Crippen molar-refractivity contribution in [2.45, 2.75) is 12.5 Å². The summed E-state index contributed by atoms with van der Waals surface area (Å²) in [5, 5.41) is 0. The molecule has 1 saturated heterocycles. The highest BCUT2D eigenvalue weighted by atomic mass is 16.5. The SMILES string of the molecule is CN1Cc2cc(N3CCOCC3)ccc2C(c2ccn3cccc3c2)C1. The molecule has 134 valence electrons. The number of pyridine rings is 1. The van der Waals surface area contributed by atoms with Crippen molar-refractivity contribution in [1.82, 2.24) is 9.30 Å². The van der Waals surface area contributed by atoms with Gasteiger partial charge in [0.1, 0.15) is 0 Å². The zero-order valence-corrected chi connectivity index (χ0v) is 15.3. The molecule has 0 aliphatic carbocycles. The highest BCUT2D eigenvalue weighted by Gasteiger charge is 2.26. The van der Waals surface area contributed by atoms with Crippen molar-refractivity contribution in [3.63, 3.8) is 0 Å². The maximum absolute atomic E-state index is 5.50. The van der Waals surface area contributed by atoms with Crippen molar-refractivity contribution < 1.29 is 4.74 Å². The van der Waals surface area contributed by atoms with Gasteiger partial charge in [-0.1, -0.05) is 6.07 Å². The molecule has 1 atom stereocenters. The van der Waals surface area contributed by atoms with Crippen molar-refractivity contribution in [1.29, 1.82) is 0 Å². The fourth-order valence-electron chi connectivity index (χ4n) is 4.40. The van der Waals surface area contributed by atoms with Gasteiger partial charge in [0, 0.05) is 55.7 Å². The number of rotatable bonds is 2. The third-order valence-electron chi connectivity index (χ3n) is 5.77. The summed E-state index contributed by atoms with van der Waals surface area (Å²) in [5.41, 5.74) is 6.95. The topological polar surface area (TPSA) is 20.1 Å². The number of aromatic nitrogens is 1. The first kappa shape index (κ1) is 15.9. The summed E-state index contributed by atoms with van der Waals surface area (Å²) in [6, 6.07) is 16.0. The minimum Gasteiger partial charge on any atom is -0.378 e. The zero-order chi connectivity index (χ0) is 17.5. The predicted octanol–water partition coefficient (Wildman–Crippen LogP) is 3.35. The minimum absolute atomic E-state index is 0.433. The number of hydrogen-bond acceptors (Lipinski definition) is 3. The van der Waals surface area contributed by atoms with Gasteiger partial charge in [-0.05, 0) is 60.1 Å². The molecule has 0 N–H and O–H groups in total. The molecule has 1 fully saturated rings. The Morgan fingerprint density at radius 1 is 1.00 bits per heavy atom. The van der Waals surface area contributed by atoms with E-state index in [1.807, 2.05) is 0 Å². The molecular formula is C22H25N3O. The fraction of sp³-hybridized carbons (Fsp3) is 0.364. The van der Waals surface area contributed by atoms with E-state index in [2.05, 4.69) is 76.1 Å². The van der Waals surface area contributed by atoms with Crippen molar-refractivity contribution >= 4 is 11.2 Å². The number of likely N-dealkylation sites (N-methyl/N-ethyl adjacent to an activating group) is 1. The predicted molar refractivity (Wildman–Crippen MR) is 105 cm³/mol. The molecule has 2 aromatic heterocycles. The van der Waals surface area contributed by atoms with Crippen LogP contribution in [0.4, 0.5) is 5.69 Å². The Morgan fingerprint density at radius 3 is 2.77 bits per heavy atom. The van der Waals surface area contributed by atoms with Crippen LogP contribution in [0.15, 0.2) is 54.9 Å². The van der Waals surface area contributed by atoms with Crippen LogP contribution in [0.5, 0.6) is 0 Å². The lowest BCUT2D eigenvalue weighted by atomic mass is 9.84. The molecule has 5 rings (SSSR count). The molecule has 2 aliphatic rings. The highest BCUT2D eigenvalue weighted by Crippen LogP contribution is 2.35. The number of nitrogens with zero attached hydrogens (tertiary/aromatic N) is 3. The highest BCUT2D eigenvalue weighted by molar-refractivity contribution is 5.56. The summed E-state index contributed by atoms with van der Waals surface area (Å²) in [6.45, 7) is 5.73. The first-order chi connectivity index (χ1) is 12.8. The molecule has 0 saturated carbocycles. The van der Waals surface area contributed by atoms with Crippen LogP contribution < -0.4 is 4.90 Å². The van der Waals surface area contributed by atoms with Crippen LogP contribution in [0.25, 0.3) is 5.52 Å². The monoisotopic (exact) mass is 347 g/mol. The molecule has 4 heteroatoms. The number of hydrogen-bond donors (Lipinski definition) is 0. The van der Waals surface area contributed by atoms with E-state index in [1.54, 1.807) is 0 Å². The summed E-state index contributed by atoms with van der Waals surface area (Å²) in [5.74, 6) is 0.433. The van der Waals surface area contributed by atoms with Gasteiger partial charge in [0.05, 0.1) is 13.2 Å². The standard InChI is InChI=1S/C22H25N3O/c1-23-15-18-14-20(25-9-11-26-12-10-25)4-5-21(18)22(16-23)17-6-8-24-7-2-3-19(24)13-17/h2-8,13-14,22H,9-12,15-16H2,1H3. The van der Waals surface area contributed by atoms with E-state index < -0.39 is 0 Å². The van der Waals surface area contributed by atoms with E-state index in [1.165, 1.54) is 27.9 Å². The smallest absolute Gasteiger partial charge is 0.0642 e. The van der Waals surface area contributed by atoms with Crippen LogP contribution in [0.3, 0.4) is 0 Å². The van der Waals surface area contributed by atoms with Gasteiger partial charge in [0.2, 0.25) is 0 Å². The summed E-state index contributed by atoms with van der Waals surface area (Å²) in [4.78, 5) is 4.89. The van der Waals surface area contributed by atoms with E-state index in [0.29, 0.717) is 5.92 Å². The number of fused-ring (bicyclic) bond motifs is 2. The second kappa shape index (κ2) is 6.45. The van der Waals surface area contributed by atoms with Gasteiger partial charge in [-0.25, -0.2) is 0 Å². The van der Waals surface area contributed by atoms with Gasteiger partial charge < -0.3 is 18.9 Å². The second-order valence-electron chi connectivity index (χ2n) is 7.53. The average molecular weight is 347 g/mol. The lowest BCUT2D eigenvalue weighted by Gasteiger charge is -2.35. The Morgan fingerprint density at radius 2 is 1.88 bits per heavy atom. The van der Waals surface area contributed by atoms with E-state index in [9.17, 15) is 0 Å². The lowest BCUT2D eigenvalue weighted by Crippen LogP contribution is -2.36. The Kier molecular flexibility index (Phi) is 3.95. The van der Waals surface area contributed by atoms with E-state index in [0.717, 1.165) is 39.4 Å². The van der Waals surface area contributed by atoms with Crippen molar-refractivity contribution in [2.75, 3.05) is 44.8 Å². The van der Waals surface area contributed by atoms with E-state index in [4.69, 9.17) is 4.74 Å². The first-order valence-electron chi connectivity index (χ1n) is 9.48. The maximum Gasteiger partial charge on any atom is 0.0642 e. The van der Waals surface area contributed by atoms with Gasteiger partial charge in [0.25, 0.3) is 0 Å². The molecular weight excluding hydrogens is 322 g/mol. The summed E-state index contributed by atoms with van der Waals surface area (Å²) in [6.07, 6.45) is 4.29. The van der Waals surface area contributed by atoms with Crippen LogP contribution in [0.1, 0.15) is 22.6 Å². The van der Waals surface area contributed by atoms with Crippen molar-refractivity contribution in [2.24, 2.45) is 0 Å². The summed E-state index contributed by atoms with van der Waals surface area (Å²) >= 11 is 0. The summed E-state index contributed by atoms with van der Waals surface area (Å²) in [7, 11) is 2.23. The Labute approximate surface area is 154 Å². The third kappa shape index (κ3) is 2.79. The molecule has 3 aromatic rings.